The molecule has 0 fully saturated rings. The summed E-state index contributed by atoms with van der Waals surface area (Å²) in [6.07, 6.45) is 1.53. The average Bonchev–Trinajstić information content (AvgIpc) is 2.55. The van der Waals surface area contributed by atoms with Crippen LogP contribution in [-0.2, 0) is 0 Å². The van der Waals surface area contributed by atoms with Gasteiger partial charge in [-0.2, -0.15) is 0 Å². The van der Waals surface area contributed by atoms with Crippen LogP contribution >= 0.6 is 0 Å². The summed E-state index contributed by atoms with van der Waals surface area (Å²) in [5.74, 6) is 0.0919. The Hall–Kier alpha value is -2.80. The number of hydrogen-bond acceptors (Lipinski definition) is 6. The third-order valence-corrected chi connectivity index (χ3v) is 3.28. The Morgan fingerprint density at radius 2 is 1.83 bits per heavy atom. The molecule has 2 aromatic rings. The second kappa shape index (κ2) is 8.16. The number of ketones is 1. The predicted molar refractivity (Wildman–Crippen MR) is 92.6 cm³/mol. The minimum Gasteiger partial charge on any atom is -0.349 e. The first kappa shape index (κ1) is 17.6. The van der Waals surface area contributed by atoms with Crippen LogP contribution in [0.4, 0.5) is 11.6 Å². The van der Waals surface area contributed by atoms with Crippen LogP contribution in [0.3, 0.4) is 0 Å². The lowest BCUT2D eigenvalue weighted by Crippen LogP contribution is -2.31. The third kappa shape index (κ3) is 5.13. The molecule has 126 valence electrons. The van der Waals surface area contributed by atoms with Gasteiger partial charge >= 0.3 is 0 Å². The highest BCUT2D eigenvalue weighted by molar-refractivity contribution is 5.94. The van der Waals surface area contributed by atoms with Gasteiger partial charge in [0.2, 0.25) is 5.95 Å². The van der Waals surface area contributed by atoms with Gasteiger partial charge in [-0.3, -0.25) is 9.59 Å². The normalized spacial score (nSPS) is 10.5. The van der Waals surface area contributed by atoms with Gasteiger partial charge in [-0.25, -0.2) is 9.97 Å². The maximum Gasteiger partial charge on any atom is 0.270 e. The molecule has 0 spiro atoms. The average molecular weight is 327 g/mol. The number of carbonyl (C=O) groups is 2. The van der Waals surface area contributed by atoms with Crippen LogP contribution in [0.2, 0.25) is 0 Å². The number of nitrogens with zero attached hydrogens (tertiary/aromatic N) is 3. The first-order valence-corrected chi connectivity index (χ1v) is 7.59. The number of aromatic nitrogens is 2. The summed E-state index contributed by atoms with van der Waals surface area (Å²) in [7, 11) is 3.88. The summed E-state index contributed by atoms with van der Waals surface area (Å²) in [6.45, 7) is 2.82. The first-order valence-electron chi connectivity index (χ1n) is 7.59. The second-order valence-corrected chi connectivity index (χ2v) is 5.58. The van der Waals surface area contributed by atoms with Crippen molar-refractivity contribution in [2.75, 3.05) is 32.5 Å². The fraction of sp³-hybridized carbons (Fsp3) is 0.294. The molecular weight excluding hydrogens is 306 g/mol. The minimum absolute atomic E-state index is 0.00851. The smallest absolute Gasteiger partial charge is 0.270 e. The van der Waals surface area contributed by atoms with Gasteiger partial charge in [0.1, 0.15) is 5.69 Å². The lowest BCUT2D eigenvalue weighted by atomic mass is 10.1. The van der Waals surface area contributed by atoms with Crippen LogP contribution in [0.25, 0.3) is 0 Å². The highest BCUT2D eigenvalue weighted by Gasteiger charge is 2.09. The largest absolute Gasteiger partial charge is 0.349 e. The van der Waals surface area contributed by atoms with E-state index in [-0.39, 0.29) is 11.7 Å². The summed E-state index contributed by atoms with van der Waals surface area (Å²) < 4.78 is 0. The van der Waals surface area contributed by atoms with Crippen molar-refractivity contribution >= 4 is 23.3 Å². The van der Waals surface area contributed by atoms with Crippen LogP contribution in [0.1, 0.15) is 27.8 Å². The van der Waals surface area contributed by atoms with Crippen LogP contribution in [0, 0.1) is 0 Å². The number of benzene rings is 1. The zero-order valence-corrected chi connectivity index (χ0v) is 14.0. The van der Waals surface area contributed by atoms with Crippen LogP contribution < -0.4 is 10.6 Å². The Morgan fingerprint density at radius 3 is 2.46 bits per heavy atom. The molecule has 0 saturated carbocycles. The zero-order valence-electron chi connectivity index (χ0n) is 14.0. The van der Waals surface area contributed by atoms with Crippen molar-refractivity contribution in [2.24, 2.45) is 0 Å². The molecule has 0 aliphatic carbocycles. The highest BCUT2D eigenvalue weighted by atomic mass is 16.2. The fourth-order valence-corrected chi connectivity index (χ4v) is 1.95. The summed E-state index contributed by atoms with van der Waals surface area (Å²) in [5, 5.41) is 5.82. The Kier molecular flexibility index (Phi) is 5.97. The van der Waals surface area contributed by atoms with Gasteiger partial charge in [0.05, 0.1) is 0 Å². The second-order valence-electron chi connectivity index (χ2n) is 5.58. The maximum absolute atomic E-state index is 12.1. The maximum atomic E-state index is 12.1. The molecule has 2 N–H and O–H groups in total. The number of rotatable bonds is 7. The Bertz CT molecular complexity index is 713. The van der Waals surface area contributed by atoms with E-state index < -0.39 is 0 Å². The molecule has 1 aromatic carbocycles. The van der Waals surface area contributed by atoms with Crippen molar-refractivity contribution < 1.29 is 9.59 Å². The van der Waals surface area contributed by atoms with Crippen LogP contribution in [-0.4, -0.2) is 53.7 Å². The number of carbonyl (C=O) groups excluding carboxylic acids is 2. The molecule has 0 atom stereocenters. The zero-order chi connectivity index (χ0) is 17.5. The van der Waals surface area contributed by atoms with Gasteiger partial charge in [0.15, 0.2) is 5.78 Å². The number of hydrogen-bond donors (Lipinski definition) is 2. The molecule has 0 radical (unpaired) electrons. The van der Waals surface area contributed by atoms with Gasteiger partial charge in [-0.1, -0.05) is 0 Å². The molecule has 0 saturated heterocycles. The first-order chi connectivity index (χ1) is 11.5. The van der Waals surface area contributed by atoms with Gasteiger partial charge in [-0.15, -0.1) is 0 Å². The third-order valence-electron chi connectivity index (χ3n) is 3.28. The molecular formula is C17H21N5O2. The molecule has 1 amide bonds. The van der Waals surface area contributed by atoms with Gasteiger partial charge in [-0.05, 0) is 51.4 Å². The molecule has 0 unspecified atom stereocenters. The summed E-state index contributed by atoms with van der Waals surface area (Å²) in [5.41, 5.74) is 1.67. The molecule has 24 heavy (non-hydrogen) atoms. The van der Waals surface area contributed by atoms with Crippen molar-refractivity contribution in [3.8, 4) is 0 Å². The quantitative estimate of drug-likeness (QED) is 0.753. The van der Waals surface area contributed by atoms with Crippen molar-refractivity contribution in [2.45, 2.75) is 6.92 Å². The Balaban J connectivity index is 2.01. The number of Topliss-reactive ketones (excluding diaryl/α,β-unsaturated/α-hetero) is 1. The molecule has 7 heteroatoms. The number of anilines is 2. The van der Waals surface area contributed by atoms with Gasteiger partial charge < -0.3 is 15.5 Å². The van der Waals surface area contributed by atoms with E-state index in [1.807, 2.05) is 19.0 Å². The monoisotopic (exact) mass is 327 g/mol. The van der Waals surface area contributed by atoms with Crippen molar-refractivity contribution in [3.05, 3.63) is 47.8 Å². The molecule has 7 nitrogen and oxygen atoms in total. The number of amides is 1. The van der Waals surface area contributed by atoms with E-state index in [1.165, 1.54) is 13.1 Å². The Labute approximate surface area is 141 Å². The SMILES string of the molecule is CC(=O)c1ccc(Nc2nccc(C(=O)NCCN(C)C)n2)cc1. The van der Waals surface area contributed by atoms with E-state index in [0.717, 1.165) is 12.2 Å². The van der Waals surface area contributed by atoms with Crippen LogP contribution in [0.5, 0.6) is 0 Å². The lowest BCUT2D eigenvalue weighted by Gasteiger charge is -2.10. The highest BCUT2D eigenvalue weighted by Crippen LogP contribution is 2.14. The van der Waals surface area contributed by atoms with E-state index in [2.05, 4.69) is 20.6 Å². The van der Waals surface area contributed by atoms with Crippen molar-refractivity contribution in [3.63, 3.8) is 0 Å². The number of likely N-dealkylation sites (N-methyl/N-ethyl adjacent to an activating group) is 1. The standard InChI is InChI=1S/C17H21N5O2/c1-12(23)13-4-6-14(7-5-13)20-17-19-9-8-15(21-17)16(24)18-10-11-22(2)3/h4-9H,10-11H2,1-3H3,(H,18,24)(H,19,20,21). The van der Waals surface area contributed by atoms with E-state index in [9.17, 15) is 9.59 Å². The summed E-state index contributed by atoms with van der Waals surface area (Å²) in [6, 6.07) is 8.55. The topological polar surface area (TPSA) is 87.2 Å². The Morgan fingerprint density at radius 1 is 1.12 bits per heavy atom. The molecule has 2 rings (SSSR count). The molecule has 0 aliphatic rings. The van der Waals surface area contributed by atoms with E-state index in [4.69, 9.17) is 0 Å². The summed E-state index contributed by atoms with van der Waals surface area (Å²) in [4.78, 5) is 33.6. The van der Waals surface area contributed by atoms with E-state index in [0.29, 0.717) is 23.8 Å². The fourth-order valence-electron chi connectivity index (χ4n) is 1.95. The molecule has 0 bridgehead atoms. The van der Waals surface area contributed by atoms with Crippen molar-refractivity contribution in [1.29, 1.82) is 0 Å². The van der Waals surface area contributed by atoms with E-state index in [1.54, 1.807) is 30.3 Å². The summed E-state index contributed by atoms with van der Waals surface area (Å²) >= 11 is 0. The van der Waals surface area contributed by atoms with Gasteiger partial charge in [0.25, 0.3) is 5.91 Å². The predicted octanol–water partition coefficient (Wildman–Crippen LogP) is 1.71. The van der Waals surface area contributed by atoms with Gasteiger partial charge in [0, 0.05) is 30.5 Å². The molecule has 1 heterocycles. The van der Waals surface area contributed by atoms with Crippen LogP contribution in [0.15, 0.2) is 36.5 Å². The lowest BCUT2D eigenvalue weighted by molar-refractivity contribution is 0.0945. The van der Waals surface area contributed by atoms with E-state index >= 15 is 0 Å². The number of nitrogens with one attached hydrogen (secondary N) is 2. The molecule has 1 aromatic heterocycles. The van der Waals surface area contributed by atoms with Crippen molar-refractivity contribution in [1.82, 2.24) is 20.2 Å². The minimum atomic E-state index is -0.241. The molecule has 0 aliphatic heterocycles.